The van der Waals surface area contributed by atoms with Crippen molar-refractivity contribution in [2.75, 3.05) is 0 Å². The number of fused-ring (bicyclic) bond motifs is 6. The second-order valence-electron chi connectivity index (χ2n) is 25.4. The fourth-order valence-corrected chi connectivity index (χ4v) is 13.9. The number of aromatic nitrogens is 6. The Morgan fingerprint density at radius 2 is 0.510 bits per heavy atom. The van der Waals surface area contributed by atoms with Gasteiger partial charge in [-0.05, 0) is 135 Å². The van der Waals surface area contributed by atoms with Gasteiger partial charge in [0.1, 0.15) is 0 Å². The Hall–Kier alpha value is -10.0. The zero-order chi connectivity index (χ0) is 64.0. The van der Waals surface area contributed by atoms with Crippen LogP contribution in [0.3, 0.4) is 0 Å². The van der Waals surface area contributed by atoms with Crippen LogP contribution in [-0.4, -0.2) is 29.9 Å². The first-order valence-electron chi connectivity index (χ1n) is 33.5. The number of benzene rings is 11. The third kappa shape index (κ3) is 14.6. The number of rotatable bonds is 22. The SMILES string of the molecule is [Ir+3].[Ir+3].[c-]1cc(CCc2cc(CCc3c[c-]c(-c4ccccn4)cc3)cc(CCc3c[c-]c4c(c3)c3cccc5c6cc(CCc7cc(CCc8c[c-]c(-c9ccccn9)cc8)cc(CCc8c[c-]c(-c9ccccn9)cc8)c7)c[c-]c6c6ncnc4c6c35)c2)ccc1-c1ccccn1. The molecule has 5 aromatic heterocycles. The Labute approximate surface area is 600 Å². The minimum absolute atomic E-state index is 0. The van der Waals surface area contributed by atoms with Crippen molar-refractivity contribution in [3.8, 4) is 45.0 Å². The number of hydrogen-bond donors (Lipinski definition) is 0. The van der Waals surface area contributed by atoms with E-state index in [1.54, 1.807) is 6.33 Å². The Bertz CT molecular complexity index is 4820. The molecule has 0 fully saturated rings. The molecule has 0 atom stereocenters. The molecule has 0 N–H and O–H groups in total. The largest absolute Gasteiger partial charge is 3.00 e. The molecule has 6 nitrogen and oxygen atoms in total. The van der Waals surface area contributed by atoms with Crippen LogP contribution in [0.1, 0.15) is 66.8 Å². The second kappa shape index (κ2) is 30.2. The molecule has 0 saturated carbocycles. The zero-order valence-corrected chi connectivity index (χ0v) is 58.9. The van der Waals surface area contributed by atoms with Gasteiger partial charge in [0.2, 0.25) is 0 Å². The summed E-state index contributed by atoms with van der Waals surface area (Å²) in [5, 5.41) is 9.09. The van der Waals surface area contributed by atoms with E-state index in [2.05, 4.69) is 208 Å². The van der Waals surface area contributed by atoms with Crippen molar-refractivity contribution in [2.45, 2.75) is 77.0 Å². The van der Waals surface area contributed by atoms with Crippen LogP contribution in [0.4, 0.5) is 0 Å². The molecule has 5 heterocycles. The van der Waals surface area contributed by atoms with Gasteiger partial charge >= 0.3 is 40.2 Å². The van der Waals surface area contributed by atoms with Gasteiger partial charge < -0.3 is 19.9 Å². The van der Waals surface area contributed by atoms with Crippen LogP contribution in [0.2, 0.25) is 0 Å². The van der Waals surface area contributed by atoms with E-state index in [9.17, 15) is 0 Å². The summed E-state index contributed by atoms with van der Waals surface area (Å²) in [4.78, 5) is 28.3. The molecule has 0 amide bonds. The minimum Gasteiger partial charge on any atom is -0.305 e. The molecule has 98 heavy (non-hydrogen) atoms. The van der Waals surface area contributed by atoms with E-state index in [0.29, 0.717) is 0 Å². The van der Waals surface area contributed by atoms with E-state index < -0.39 is 0 Å². The van der Waals surface area contributed by atoms with Crippen LogP contribution >= 0.6 is 0 Å². The third-order valence-electron chi connectivity index (χ3n) is 18.9. The van der Waals surface area contributed by atoms with Crippen molar-refractivity contribution >= 4 is 54.1 Å². The molecular weight excluding hydrogens is 1550 g/mol. The van der Waals surface area contributed by atoms with Gasteiger partial charge in [0.15, 0.2) is 0 Å². The quantitative estimate of drug-likeness (QED) is 0.0382. The Morgan fingerprint density at radius 3 is 0.786 bits per heavy atom. The molecular formula is C90H66Ir2N6. The standard InChI is InChI=1S/C90H66N6.2Ir/c1-5-48-91-83(12-1)73-38-28-61(29-39-73)16-22-67-52-68(23-17-62-30-40-74(41-31-62)84-13-2-6-49-92-84)55-71(54-67)26-20-65-36-46-79-81(58-65)77-10-9-11-78-82-59-66(37-47-80(82)90-88(87(77)78)89(79)95-60-96-90)21-27-72-56-69(24-18-63-32-42-75(43-33-63)85-14-3-7-50-93-85)53-70(57-72)25-19-64-34-44-76(45-35-64)86-15-4-8-51-94-86;;/h1-15,28-38,40,42,44,48-60H,16-27H2;;/q-6;2*+3. The molecule has 16 aromatic rings. The molecule has 0 aliphatic rings. The van der Waals surface area contributed by atoms with E-state index >= 15 is 0 Å². The van der Waals surface area contributed by atoms with E-state index in [4.69, 9.17) is 9.97 Å². The van der Waals surface area contributed by atoms with Gasteiger partial charge in [-0.2, -0.15) is 0 Å². The van der Waals surface area contributed by atoms with Crippen LogP contribution in [0.25, 0.3) is 99.2 Å². The van der Waals surface area contributed by atoms with Crippen LogP contribution in [0.5, 0.6) is 0 Å². The molecule has 474 valence electrons. The first kappa shape index (κ1) is 65.3. The molecule has 0 aliphatic carbocycles. The van der Waals surface area contributed by atoms with E-state index in [1.807, 2.05) is 97.6 Å². The summed E-state index contributed by atoms with van der Waals surface area (Å²) in [6.45, 7) is 0. The molecule has 11 aromatic carbocycles. The first-order valence-corrected chi connectivity index (χ1v) is 33.5. The molecule has 0 radical (unpaired) electrons. The van der Waals surface area contributed by atoms with Gasteiger partial charge in [-0.15, -0.1) is 200 Å². The third-order valence-corrected chi connectivity index (χ3v) is 18.9. The van der Waals surface area contributed by atoms with Gasteiger partial charge in [-0.25, -0.2) is 0 Å². The molecule has 0 unspecified atom stereocenters. The minimum atomic E-state index is 0. The summed E-state index contributed by atoms with van der Waals surface area (Å²) >= 11 is 0. The Kier molecular flexibility index (Phi) is 20.1. The first-order chi connectivity index (χ1) is 47.5. The number of aryl methyl sites for hydroxylation is 12. The molecule has 8 heteroatoms. The van der Waals surface area contributed by atoms with E-state index in [1.165, 1.54) is 93.7 Å². The number of pyridine rings is 4. The van der Waals surface area contributed by atoms with E-state index in [0.717, 1.165) is 149 Å². The van der Waals surface area contributed by atoms with Crippen LogP contribution in [0.15, 0.2) is 256 Å². The van der Waals surface area contributed by atoms with Gasteiger partial charge in [0.05, 0.1) is 6.33 Å². The summed E-state index contributed by atoms with van der Waals surface area (Å²) in [7, 11) is 0. The fraction of sp³-hybridized carbons (Fsp3) is 0.133. The van der Waals surface area contributed by atoms with Crippen molar-refractivity contribution in [2.24, 2.45) is 0 Å². The van der Waals surface area contributed by atoms with E-state index in [-0.39, 0.29) is 40.2 Å². The maximum atomic E-state index is 5.04. The summed E-state index contributed by atoms with van der Waals surface area (Å²) in [6, 6.07) is 102. The monoisotopic (exact) mass is 1620 g/mol. The van der Waals surface area contributed by atoms with Crippen LogP contribution < -0.4 is 0 Å². The van der Waals surface area contributed by atoms with Crippen LogP contribution in [-0.2, 0) is 117 Å². The second-order valence-corrected chi connectivity index (χ2v) is 25.4. The molecule has 0 spiro atoms. The van der Waals surface area contributed by atoms with Gasteiger partial charge in [-0.3, -0.25) is 9.97 Å². The van der Waals surface area contributed by atoms with Gasteiger partial charge in [0, 0.05) is 24.8 Å². The maximum absolute atomic E-state index is 5.04. The summed E-state index contributed by atoms with van der Waals surface area (Å²) in [6.07, 6.45) is 20.1. The summed E-state index contributed by atoms with van der Waals surface area (Å²) < 4.78 is 0. The smallest absolute Gasteiger partial charge is 0.305 e. The molecule has 0 saturated heterocycles. The number of hydrogen-bond acceptors (Lipinski definition) is 6. The summed E-state index contributed by atoms with van der Waals surface area (Å²) in [5.74, 6) is 0. The summed E-state index contributed by atoms with van der Waals surface area (Å²) in [5.41, 5.74) is 25.4. The van der Waals surface area contributed by atoms with Crippen molar-refractivity contribution in [1.29, 1.82) is 0 Å². The van der Waals surface area contributed by atoms with Crippen LogP contribution in [0, 0.1) is 36.4 Å². The predicted octanol–water partition coefficient (Wildman–Crippen LogP) is 19.4. The predicted molar refractivity (Wildman–Crippen MR) is 390 cm³/mol. The van der Waals surface area contributed by atoms with Crippen molar-refractivity contribution in [3.05, 3.63) is 359 Å². The zero-order valence-electron chi connectivity index (χ0n) is 54.1. The maximum Gasteiger partial charge on any atom is 3.00 e. The molecule has 16 rings (SSSR count). The topological polar surface area (TPSA) is 77.3 Å². The fourth-order valence-electron chi connectivity index (χ4n) is 13.9. The van der Waals surface area contributed by atoms with Crippen molar-refractivity contribution in [3.63, 3.8) is 0 Å². The average Bonchev–Trinajstić information content (AvgIpc) is 0.704. The van der Waals surface area contributed by atoms with Gasteiger partial charge in [-0.1, -0.05) is 169 Å². The van der Waals surface area contributed by atoms with Crippen molar-refractivity contribution in [1.82, 2.24) is 29.9 Å². The van der Waals surface area contributed by atoms with Crippen molar-refractivity contribution < 1.29 is 40.2 Å². The average molecular weight is 1620 g/mol. The number of nitrogens with zero attached hydrogens (tertiary/aromatic N) is 6. The molecule has 0 bridgehead atoms. The molecule has 0 aliphatic heterocycles. The Balaban J connectivity index is 0.00000411. The normalized spacial score (nSPS) is 11.4. The van der Waals surface area contributed by atoms with Gasteiger partial charge in [0.25, 0.3) is 0 Å². The Morgan fingerprint density at radius 1 is 0.224 bits per heavy atom.